The van der Waals surface area contributed by atoms with Gasteiger partial charge >= 0.3 is 0 Å². The average molecular weight is 256 g/mol. The van der Waals surface area contributed by atoms with Crippen LogP contribution < -0.4 is 11.1 Å². The van der Waals surface area contributed by atoms with E-state index < -0.39 is 5.54 Å². The Balaban J connectivity index is 2.49. The quantitative estimate of drug-likeness (QED) is 0.760. The Bertz CT molecular complexity index is 273. The number of carbonyl (C=O) groups is 1. The van der Waals surface area contributed by atoms with Crippen LogP contribution in [0.4, 0.5) is 0 Å². The largest absolute Gasteiger partial charge is 0.376 e. The number of hydrogen-bond acceptors (Lipinski definition) is 3. The molecule has 3 N–H and O–H groups in total. The monoisotopic (exact) mass is 256 g/mol. The van der Waals surface area contributed by atoms with Gasteiger partial charge in [0.25, 0.3) is 0 Å². The molecule has 0 aromatic heterocycles. The van der Waals surface area contributed by atoms with Gasteiger partial charge in [-0.25, -0.2) is 0 Å². The van der Waals surface area contributed by atoms with Crippen molar-refractivity contribution in [2.75, 3.05) is 13.2 Å². The van der Waals surface area contributed by atoms with Crippen molar-refractivity contribution < 1.29 is 9.53 Å². The highest BCUT2D eigenvalue weighted by molar-refractivity contribution is 5.84. The molecule has 1 saturated carbocycles. The van der Waals surface area contributed by atoms with Crippen molar-refractivity contribution >= 4 is 5.91 Å². The lowest BCUT2D eigenvalue weighted by Gasteiger charge is -2.34. The van der Waals surface area contributed by atoms with Gasteiger partial charge in [0, 0.05) is 0 Å². The van der Waals surface area contributed by atoms with Crippen molar-refractivity contribution in [2.45, 2.75) is 58.6 Å². The summed E-state index contributed by atoms with van der Waals surface area (Å²) < 4.78 is 5.94. The average Bonchev–Trinajstić information content (AvgIpc) is 2.25. The van der Waals surface area contributed by atoms with Gasteiger partial charge in [-0.3, -0.25) is 4.79 Å². The number of primary amides is 1. The Hall–Kier alpha value is -0.610. The molecule has 4 nitrogen and oxygen atoms in total. The SMILES string of the molecule is CCNC(C)(COC1CC(C)CC(C)C1)C(N)=O. The summed E-state index contributed by atoms with van der Waals surface area (Å²) in [6, 6.07) is 0. The fourth-order valence-corrected chi connectivity index (χ4v) is 2.89. The van der Waals surface area contributed by atoms with Crippen LogP contribution in [0, 0.1) is 11.8 Å². The van der Waals surface area contributed by atoms with Gasteiger partial charge in [0.1, 0.15) is 5.54 Å². The zero-order chi connectivity index (χ0) is 13.8. The van der Waals surface area contributed by atoms with Crippen molar-refractivity contribution in [3.63, 3.8) is 0 Å². The first kappa shape index (κ1) is 15.4. The number of nitrogens with two attached hydrogens (primary N) is 1. The number of carbonyl (C=O) groups excluding carboxylic acids is 1. The molecule has 1 aliphatic carbocycles. The normalized spacial score (nSPS) is 31.9. The molecule has 1 fully saturated rings. The number of amides is 1. The van der Waals surface area contributed by atoms with Crippen molar-refractivity contribution in [2.24, 2.45) is 17.6 Å². The summed E-state index contributed by atoms with van der Waals surface area (Å²) in [4.78, 5) is 11.5. The van der Waals surface area contributed by atoms with Crippen LogP contribution in [0.15, 0.2) is 0 Å². The molecular weight excluding hydrogens is 228 g/mol. The van der Waals surface area contributed by atoms with Crippen molar-refractivity contribution in [1.82, 2.24) is 5.32 Å². The van der Waals surface area contributed by atoms with Gasteiger partial charge in [0.2, 0.25) is 5.91 Å². The second-order valence-electron chi connectivity index (χ2n) is 6.08. The summed E-state index contributed by atoms with van der Waals surface area (Å²) in [6.45, 7) is 9.38. The molecule has 0 spiro atoms. The number of likely N-dealkylation sites (N-methyl/N-ethyl adjacent to an activating group) is 1. The molecule has 1 rings (SSSR count). The van der Waals surface area contributed by atoms with Gasteiger partial charge in [0.15, 0.2) is 0 Å². The Labute approximate surface area is 111 Å². The van der Waals surface area contributed by atoms with Gasteiger partial charge in [0.05, 0.1) is 12.7 Å². The molecule has 0 aromatic rings. The third-order valence-electron chi connectivity index (χ3n) is 3.85. The Kier molecular flexibility index (Phi) is 5.60. The number of rotatable bonds is 6. The van der Waals surface area contributed by atoms with Crippen LogP contribution in [-0.2, 0) is 9.53 Å². The summed E-state index contributed by atoms with van der Waals surface area (Å²) >= 11 is 0. The highest BCUT2D eigenvalue weighted by Gasteiger charge is 2.33. The molecule has 4 heteroatoms. The van der Waals surface area contributed by atoms with E-state index in [-0.39, 0.29) is 12.0 Å². The van der Waals surface area contributed by atoms with Gasteiger partial charge < -0.3 is 15.8 Å². The van der Waals surface area contributed by atoms with E-state index in [4.69, 9.17) is 10.5 Å². The van der Waals surface area contributed by atoms with E-state index in [1.165, 1.54) is 6.42 Å². The van der Waals surface area contributed by atoms with E-state index in [0.29, 0.717) is 25.0 Å². The highest BCUT2D eigenvalue weighted by atomic mass is 16.5. The second kappa shape index (κ2) is 6.53. The summed E-state index contributed by atoms with van der Waals surface area (Å²) in [7, 11) is 0. The highest BCUT2D eigenvalue weighted by Crippen LogP contribution is 2.30. The summed E-state index contributed by atoms with van der Waals surface area (Å²) in [5, 5.41) is 3.12. The van der Waals surface area contributed by atoms with E-state index >= 15 is 0 Å². The van der Waals surface area contributed by atoms with Gasteiger partial charge in [-0.1, -0.05) is 20.8 Å². The van der Waals surface area contributed by atoms with Crippen LogP contribution in [0.2, 0.25) is 0 Å². The number of nitrogens with one attached hydrogen (secondary N) is 1. The maximum Gasteiger partial charge on any atom is 0.239 e. The van der Waals surface area contributed by atoms with E-state index in [0.717, 1.165) is 12.8 Å². The van der Waals surface area contributed by atoms with E-state index in [1.807, 2.05) is 13.8 Å². The fourth-order valence-electron chi connectivity index (χ4n) is 2.89. The van der Waals surface area contributed by atoms with Crippen LogP contribution >= 0.6 is 0 Å². The number of ether oxygens (including phenoxy) is 1. The molecule has 18 heavy (non-hydrogen) atoms. The lowest BCUT2D eigenvalue weighted by Crippen LogP contribution is -2.56. The molecule has 106 valence electrons. The van der Waals surface area contributed by atoms with E-state index in [1.54, 1.807) is 0 Å². The predicted molar refractivity (Wildman–Crippen MR) is 73.2 cm³/mol. The molecule has 1 amide bonds. The van der Waals surface area contributed by atoms with Crippen LogP contribution in [0.25, 0.3) is 0 Å². The molecule has 0 aromatic carbocycles. The van der Waals surface area contributed by atoms with Crippen LogP contribution in [0.5, 0.6) is 0 Å². The van der Waals surface area contributed by atoms with Gasteiger partial charge in [-0.15, -0.1) is 0 Å². The minimum Gasteiger partial charge on any atom is -0.376 e. The molecule has 0 aliphatic heterocycles. The molecule has 0 saturated heterocycles. The van der Waals surface area contributed by atoms with E-state index in [9.17, 15) is 4.79 Å². The maximum atomic E-state index is 11.5. The molecule has 1 aliphatic rings. The van der Waals surface area contributed by atoms with Gasteiger partial charge in [-0.05, 0) is 44.6 Å². The summed E-state index contributed by atoms with van der Waals surface area (Å²) in [6.07, 6.45) is 3.72. The number of hydrogen-bond donors (Lipinski definition) is 2. The smallest absolute Gasteiger partial charge is 0.239 e. The maximum absolute atomic E-state index is 11.5. The Morgan fingerprint density at radius 1 is 1.33 bits per heavy atom. The lowest BCUT2D eigenvalue weighted by atomic mass is 9.81. The molecule has 3 atom stereocenters. The first-order valence-corrected chi connectivity index (χ1v) is 7.04. The van der Waals surface area contributed by atoms with Crippen LogP contribution in [0.1, 0.15) is 47.0 Å². The van der Waals surface area contributed by atoms with Crippen LogP contribution in [-0.4, -0.2) is 30.7 Å². The molecular formula is C14H28N2O2. The van der Waals surface area contributed by atoms with Crippen LogP contribution in [0.3, 0.4) is 0 Å². The zero-order valence-electron chi connectivity index (χ0n) is 12.2. The second-order valence-corrected chi connectivity index (χ2v) is 6.08. The fraction of sp³-hybridized carbons (Fsp3) is 0.929. The first-order valence-electron chi connectivity index (χ1n) is 7.04. The first-order chi connectivity index (χ1) is 8.37. The van der Waals surface area contributed by atoms with E-state index in [2.05, 4.69) is 19.2 Å². The molecule has 3 unspecified atom stereocenters. The predicted octanol–water partition coefficient (Wildman–Crippen LogP) is 1.68. The van der Waals surface area contributed by atoms with Gasteiger partial charge in [-0.2, -0.15) is 0 Å². The molecule has 0 heterocycles. The third kappa shape index (κ3) is 4.25. The minimum absolute atomic E-state index is 0.265. The molecule has 0 radical (unpaired) electrons. The topological polar surface area (TPSA) is 64.3 Å². The summed E-state index contributed by atoms with van der Waals surface area (Å²) in [5.74, 6) is 1.07. The minimum atomic E-state index is -0.751. The molecule has 0 bridgehead atoms. The Morgan fingerprint density at radius 3 is 2.33 bits per heavy atom. The third-order valence-corrected chi connectivity index (χ3v) is 3.85. The zero-order valence-corrected chi connectivity index (χ0v) is 12.2. The van der Waals surface area contributed by atoms with Crippen molar-refractivity contribution in [1.29, 1.82) is 0 Å². The summed E-state index contributed by atoms with van der Waals surface area (Å²) in [5.41, 5.74) is 4.69. The van der Waals surface area contributed by atoms with Crippen molar-refractivity contribution in [3.05, 3.63) is 0 Å². The van der Waals surface area contributed by atoms with Crippen molar-refractivity contribution in [3.8, 4) is 0 Å². The Morgan fingerprint density at radius 2 is 1.89 bits per heavy atom. The standard InChI is InChI=1S/C14H28N2O2/c1-5-16-14(4,13(15)17)9-18-12-7-10(2)6-11(3)8-12/h10-12,16H,5-9H2,1-4H3,(H2,15,17). The lowest BCUT2D eigenvalue weighted by molar-refractivity contribution is -0.128.